The van der Waals surface area contributed by atoms with E-state index >= 15 is 0 Å². The van der Waals surface area contributed by atoms with E-state index in [1.807, 2.05) is 0 Å². The van der Waals surface area contributed by atoms with E-state index in [1.54, 1.807) is 0 Å². The molecule has 2 N–H and O–H groups in total. The maximum atomic E-state index is 10.8. The highest BCUT2D eigenvalue weighted by atomic mass is 16.6. The molecule has 0 bridgehead atoms. The molecule has 0 saturated carbocycles. The van der Waals surface area contributed by atoms with E-state index in [2.05, 4.69) is 0 Å². The maximum Gasteiger partial charge on any atom is 0.303 e. The molecule has 0 amide bonds. The van der Waals surface area contributed by atoms with Crippen molar-refractivity contribution >= 4 is 17.9 Å². The third-order valence-electron chi connectivity index (χ3n) is 2.88. The van der Waals surface area contributed by atoms with Gasteiger partial charge in [-0.1, -0.05) is 0 Å². The molecule has 3 atom stereocenters. The van der Waals surface area contributed by atoms with Crippen LogP contribution < -0.4 is 0 Å². The molecule has 1 aliphatic heterocycles. The second-order valence-electron chi connectivity index (χ2n) is 4.33. The van der Waals surface area contributed by atoms with Crippen LogP contribution in [0.3, 0.4) is 0 Å². The highest BCUT2D eigenvalue weighted by molar-refractivity contribution is 5.69. The van der Waals surface area contributed by atoms with Crippen molar-refractivity contribution in [2.24, 2.45) is 11.8 Å². The topological polar surface area (TPSA) is 110 Å². The largest absolute Gasteiger partial charge is 0.494 e. The van der Waals surface area contributed by atoms with Crippen molar-refractivity contribution in [2.75, 3.05) is 6.61 Å². The maximum absolute atomic E-state index is 10.8. The zero-order valence-electron chi connectivity index (χ0n) is 10.4. The van der Waals surface area contributed by atoms with Crippen LogP contribution in [0.5, 0.6) is 0 Å². The Bertz CT molecular complexity index is 388. The fourth-order valence-corrected chi connectivity index (χ4v) is 2.03. The van der Waals surface area contributed by atoms with Gasteiger partial charge in [-0.2, -0.15) is 0 Å². The highest BCUT2D eigenvalue weighted by Crippen LogP contribution is 2.30. The third-order valence-corrected chi connectivity index (χ3v) is 2.88. The minimum atomic E-state index is -1.05. The van der Waals surface area contributed by atoms with Gasteiger partial charge in [-0.15, -0.1) is 0 Å². The molecule has 1 aliphatic rings. The second kappa shape index (κ2) is 6.77. The van der Waals surface area contributed by atoms with Gasteiger partial charge in [0.2, 0.25) is 0 Å². The standard InChI is InChI=1S/C12H16O7/c1-7(13)19-6-10-9(5-12(16)17)8(2-3-18-10)4-11(14)15/h2-3,8-10H,4-6H2,1H3,(H,14,15)(H,16,17)/t8-,9-,10-/m0/s1. The van der Waals surface area contributed by atoms with Gasteiger partial charge in [-0.3, -0.25) is 14.4 Å². The van der Waals surface area contributed by atoms with Crippen molar-refractivity contribution in [3.05, 3.63) is 12.3 Å². The summed E-state index contributed by atoms with van der Waals surface area (Å²) in [6.07, 6.45) is 1.80. The first-order chi connectivity index (χ1) is 8.90. The average molecular weight is 272 g/mol. The van der Waals surface area contributed by atoms with Crippen molar-refractivity contribution in [2.45, 2.75) is 25.9 Å². The van der Waals surface area contributed by atoms with E-state index in [-0.39, 0.29) is 19.4 Å². The van der Waals surface area contributed by atoms with Crippen molar-refractivity contribution in [1.82, 2.24) is 0 Å². The number of aliphatic carboxylic acids is 2. The van der Waals surface area contributed by atoms with Crippen LogP contribution in [0.15, 0.2) is 12.3 Å². The summed E-state index contributed by atoms with van der Waals surface area (Å²) in [5, 5.41) is 17.7. The fraction of sp³-hybridized carbons (Fsp3) is 0.583. The van der Waals surface area contributed by atoms with Crippen LogP contribution in [-0.4, -0.2) is 40.8 Å². The molecule has 0 fully saturated rings. The third kappa shape index (κ3) is 4.99. The van der Waals surface area contributed by atoms with Crippen molar-refractivity contribution < 1.29 is 34.1 Å². The summed E-state index contributed by atoms with van der Waals surface area (Å²) in [5.41, 5.74) is 0. The Kier molecular flexibility index (Phi) is 5.35. The first-order valence-corrected chi connectivity index (χ1v) is 5.79. The van der Waals surface area contributed by atoms with Crippen LogP contribution in [-0.2, 0) is 23.9 Å². The molecule has 1 heterocycles. The fourth-order valence-electron chi connectivity index (χ4n) is 2.03. The summed E-state index contributed by atoms with van der Waals surface area (Å²) >= 11 is 0. The number of carbonyl (C=O) groups is 3. The van der Waals surface area contributed by atoms with Gasteiger partial charge < -0.3 is 19.7 Å². The molecule has 7 heteroatoms. The van der Waals surface area contributed by atoms with Gasteiger partial charge in [0.15, 0.2) is 0 Å². The lowest BCUT2D eigenvalue weighted by Crippen LogP contribution is -2.37. The number of esters is 1. The van der Waals surface area contributed by atoms with Crippen LogP contribution in [0.25, 0.3) is 0 Å². The van der Waals surface area contributed by atoms with Gasteiger partial charge in [-0.25, -0.2) is 0 Å². The predicted molar refractivity (Wildman–Crippen MR) is 62.1 cm³/mol. The van der Waals surface area contributed by atoms with Gasteiger partial charge in [0.1, 0.15) is 12.7 Å². The zero-order valence-corrected chi connectivity index (χ0v) is 10.4. The van der Waals surface area contributed by atoms with Crippen LogP contribution >= 0.6 is 0 Å². The number of carboxylic acids is 2. The number of allylic oxidation sites excluding steroid dienone is 1. The number of ether oxygens (including phenoxy) is 2. The molecule has 0 saturated heterocycles. The molecule has 0 aromatic carbocycles. The molecule has 0 unspecified atom stereocenters. The molecule has 0 aromatic heterocycles. The Hall–Kier alpha value is -2.05. The number of carboxylic acid groups (broad SMARTS) is 2. The molecule has 0 spiro atoms. The van der Waals surface area contributed by atoms with Crippen molar-refractivity contribution in [3.8, 4) is 0 Å². The van der Waals surface area contributed by atoms with Crippen LogP contribution in [0.1, 0.15) is 19.8 Å². The normalized spacial score (nSPS) is 25.4. The van der Waals surface area contributed by atoms with Crippen LogP contribution in [0.4, 0.5) is 0 Å². The van der Waals surface area contributed by atoms with Gasteiger partial charge in [-0.05, 0) is 12.0 Å². The van der Waals surface area contributed by atoms with Crippen LogP contribution in [0.2, 0.25) is 0 Å². The summed E-state index contributed by atoms with van der Waals surface area (Å²) in [7, 11) is 0. The van der Waals surface area contributed by atoms with Crippen LogP contribution in [0, 0.1) is 11.8 Å². The highest BCUT2D eigenvalue weighted by Gasteiger charge is 2.35. The van der Waals surface area contributed by atoms with Gasteiger partial charge in [0, 0.05) is 12.8 Å². The SMILES string of the molecule is CC(=O)OC[C@@H]1OC=C[C@@H](CC(=O)O)[C@@H]1CC(=O)O. The number of hydrogen-bond acceptors (Lipinski definition) is 5. The number of hydrogen-bond donors (Lipinski definition) is 2. The van der Waals surface area contributed by atoms with E-state index in [0.717, 1.165) is 0 Å². The summed E-state index contributed by atoms with van der Waals surface area (Å²) < 4.78 is 10.0. The van der Waals surface area contributed by atoms with Crippen molar-refractivity contribution in [1.29, 1.82) is 0 Å². The van der Waals surface area contributed by atoms with Crippen molar-refractivity contribution in [3.63, 3.8) is 0 Å². The number of rotatable bonds is 6. The smallest absolute Gasteiger partial charge is 0.303 e. The zero-order chi connectivity index (χ0) is 14.4. The molecular formula is C12H16O7. The summed E-state index contributed by atoms with van der Waals surface area (Å²) in [6, 6.07) is 0. The van der Waals surface area contributed by atoms with Gasteiger partial charge in [0.05, 0.1) is 19.1 Å². The summed E-state index contributed by atoms with van der Waals surface area (Å²) in [4.78, 5) is 32.4. The summed E-state index contributed by atoms with van der Waals surface area (Å²) in [6.45, 7) is 1.15. The molecule has 0 aromatic rings. The van der Waals surface area contributed by atoms with E-state index in [1.165, 1.54) is 19.3 Å². The van der Waals surface area contributed by atoms with E-state index in [4.69, 9.17) is 19.7 Å². The number of carbonyl (C=O) groups excluding carboxylic acids is 1. The minimum absolute atomic E-state index is 0.0895. The Labute approximate surface area is 109 Å². The van der Waals surface area contributed by atoms with E-state index in [9.17, 15) is 14.4 Å². The molecule has 1 rings (SSSR count). The lowest BCUT2D eigenvalue weighted by Gasteiger charge is -2.33. The molecule has 0 aliphatic carbocycles. The summed E-state index contributed by atoms with van der Waals surface area (Å²) in [5.74, 6) is -3.56. The Morgan fingerprint density at radius 1 is 1.21 bits per heavy atom. The van der Waals surface area contributed by atoms with Gasteiger partial charge >= 0.3 is 17.9 Å². The molecule has 106 valence electrons. The first-order valence-electron chi connectivity index (χ1n) is 5.79. The molecular weight excluding hydrogens is 256 g/mol. The van der Waals surface area contributed by atoms with E-state index in [0.29, 0.717) is 0 Å². The Morgan fingerprint density at radius 3 is 2.37 bits per heavy atom. The average Bonchev–Trinajstić information content (AvgIpc) is 2.28. The Balaban J connectivity index is 2.77. The van der Waals surface area contributed by atoms with Gasteiger partial charge in [0.25, 0.3) is 0 Å². The van der Waals surface area contributed by atoms with E-state index < -0.39 is 35.8 Å². The monoisotopic (exact) mass is 272 g/mol. The lowest BCUT2D eigenvalue weighted by atomic mass is 9.81. The minimum Gasteiger partial charge on any atom is -0.494 e. The lowest BCUT2D eigenvalue weighted by molar-refractivity contribution is -0.149. The first kappa shape index (κ1) is 15.0. The second-order valence-corrected chi connectivity index (χ2v) is 4.33. The molecule has 19 heavy (non-hydrogen) atoms. The quantitative estimate of drug-likeness (QED) is 0.683. The molecule has 7 nitrogen and oxygen atoms in total. The predicted octanol–water partition coefficient (Wildman–Crippen LogP) is 0.644. The Morgan fingerprint density at radius 2 is 1.84 bits per heavy atom. The molecule has 0 radical (unpaired) electrons.